The van der Waals surface area contributed by atoms with Crippen LogP contribution < -0.4 is 0 Å². The first-order valence-electron chi connectivity index (χ1n) is 4.38. The van der Waals surface area contributed by atoms with Gasteiger partial charge in [0.15, 0.2) is 0 Å². The second kappa shape index (κ2) is 3.24. The van der Waals surface area contributed by atoms with E-state index in [0.717, 1.165) is 19.3 Å². The smallest absolute Gasteiger partial charge is 0.306 e. The monoisotopic (exact) mass is 156 g/mol. The quantitative estimate of drug-likeness (QED) is 0.585. The average Bonchev–Trinajstić information content (AvgIpc) is 2.34. The van der Waals surface area contributed by atoms with E-state index in [9.17, 15) is 4.79 Å². The Kier molecular flexibility index (Phi) is 2.53. The van der Waals surface area contributed by atoms with E-state index in [-0.39, 0.29) is 11.4 Å². The molecule has 11 heavy (non-hydrogen) atoms. The van der Waals surface area contributed by atoms with E-state index < -0.39 is 0 Å². The lowest BCUT2D eigenvalue weighted by atomic mass is 9.80. The Bertz CT molecular complexity index is 154. The van der Waals surface area contributed by atoms with Gasteiger partial charge in [0.05, 0.1) is 13.0 Å². The molecule has 0 aromatic rings. The highest BCUT2D eigenvalue weighted by atomic mass is 16.5. The molecule has 0 aromatic heterocycles. The lowest BCUT2D eigenvalue weighted by Gasteiger charge is -2.22. The molecule has 1 aliphatic rings. The number of ether oxygens (including phenoxy) is 1. The summed E-state index contributed by atoms with van der Waals surface area (Å²) >= 11 is 0. The summed E-state index contributed by atoms with van der Waals surface area (Å²) in [6, 6.07) is 0. The predicted octanol–water partition coefficient (Wildman–Crippen LogP) is 2.13. The Labute approximate surface area is 67.9 Å². The van der Waals surface area contributed by atoms with Gasteiger partial charge in [-0.2, -0.15) is 0 Å². The van der Waals surface area contributed by atoms with Gasteiger partial charge in [-0.3, -0.25) is 4.79 Å². The van der Waals surface area contributed by atoms with Crippen molar-refractivity contribution in [1.82, 2.24) is 0 Å². The van der Waals surface area contributed by atoms with Crippen LogP contribution in [0.4, 0.5) is 0 Å². The van der Waals surface area contributed by atoms with E-state index in [2.05, 4.69) is 13.8 Å². The maximum Gasteiger partial charge on any atom is 0.306 e. The van der Waals surface area contributed by atoms with Gasteiger partial charge >= 0.3 is 5.97 Å². The Hall–Kier alpha value is -0.530. The minimum Gasteiger partial charge on any atom is -0.465 e. The number of hydrogen-bond donors (Lipinski definition) is 0. The van der Waals surface area contributed by atoms with Gasteiger partial charge in [0.2, 0.25) is 0 Å². The maximum atomic E-state index is 10.9. The third-order valence-corrected chi connectivity index (χ3v) is 2.59. The van der Waals surface area contributed by atoms with E-state index in [1.54, 1.807) is 0 Å². The van der Waals surface area contributed by atoms with E-state index in [1.807, 2.05) is 0 Å². The molecule has 0 amide bonds. The molecular formula is C9H16O2. The largest absolute Gasteiger partial charge is 0.465 e. The topological polar surface area (TPSA) is 26.3 Å². The fourth-order valence-electron chi connectivity index (χ4n) is 1.74. The number of hydrogen-bond acceptors (Lipinski definition) is 2. The summed E-state index contributed by atoms with van der Waals surface area (Å²) in [6.07, 6.45) is 3.96. The number of cyclic esters (lactones) is 1. The molecule has 0 aromatic carbocycles. The van der Waals surface area contributed by atoms with Crippen molar-refractivity contribution in [3.8, 4) is 0 Å². The summed E-state index contributed by atoms with van der Waals surface area (Å²) in [5.74, 6) is -0.0136. The zero-order chi connectivity index (χ0) is 8.32. The Morgan fingerprint density at radius 1 is 1.55 bits per heavy atom. The van der Waals surface area contributed by atoms with E-state index >= 15 is 0 Å². The lowest BCUT2D eigenvalue weighted by molar-refractivity contribution is -0.137. The first kappa shape index (κ1) is 8.57. The van der Waals surface area contributed by atoms with Crippen molar-refractivity contribution in [3.05, 3.63) is 0 Å². The van der Waals surface area contributed by atoms with Crippen LogP contribution in [0.25, 0.3) is 0 Å². The molecule has 0 aliphatic carbocycles. The van der Waals surface area contributed by atoms with Crippen molar-refractivity contribution in [1.29, 1.82) is 0 Å². The van der Waals surface area contributed by atoms with Crippen molar-refractivity contribution in [3.63, 3.8) is 0 Å². The molecule has 64 valence electrons. The third kappa shape index (κ3) is 1.73. The van der Waals surface area contributed by atoms with Gasteiger partial charge in [0.25, 0.3) is 0 Å². The van der Waals surface area contributed by atoms with Crippen molar-refractivity contribution in [2.75, 3.05) is 6.61 Å². The standard InChI is InChI=1S/C9H16O2/c1-3-5-9(4-2)6-8(10)11-7-9/h3-7H2,1-2H3. The molecule has 1 saturated heterocycles. The van der Waals surface area contributed by atoms with Gasteiger partial charge in [0, 0.05) is 5.41 Å². The molecule has 1 atom stereocenters. The first-order valence-corrected chi connectivity index (χ1v) is 4.38. The minimum absolute atomic E-state index is 0.0136. The van der Waals surface area contributed by atoms with E-state index in [1.165, 1.54) is 0 Å². The maximum absolute atomic E-state index is 10.9. The summed E-state index contributed by atoms with van der Waals surface area (Å²) in [7, 11) is 0. The zero-order valence-corrected chi connectivity index (χ0v) is 7.35. The fourth-order valence-corrected chi connectivity index (χ4v) is 1.74. The zero-order valence-electron chi connectivity index (χ0n) is 7.35. The summed E-state index contributed by atoms with van der Waals surface area (Å²) in [5.41, 5.74) is 0.186. The number of esters is 1. The normalized spacial score (nSPS) is 30.5. The SMILES string of the molecule is CCCC1(CC)COC(=O)C1. The lowest BCUT2D eigenvalue weighted by Crippen LogP contribution is -2.19. The number of carbonyl (C=O) groups is 1. The molecule has 0 saturated carbocycles. The van der Waals surface area contributed by atoms with Crippen LogP contribution in [0.2, 0.25) is 0 Å². The van der Waals surface area contributed by atoms with Crippen LogP contribution in [0.5, 0.6) is 0 Å². The Balaban J connectivity index is 2.54. The Morgan fingerprint density at radius 3 is 2.64 bits per heavy atom. The predicted molar refractivity (Wildman–Crippen MR) is 43.2 cm³/mol. The van der Waals surface area contributed by atoms with Gasteiger partial charge in [-0.05, 0) is 12.8 Å². The molecule has 2 heteroatoms. The number of carbonyl (C=O) groups excluding carboxylic acids is 1. The molecule has 0 bridgehead atoms. The van der Waals surface area contributed by atoms with Gasteiger partial charge in [0.1, 0.15) is 0 Å². The number of rotatable bonds is 3. The van der Waals surface area contributed by atoms with Gasteiger partial charge in [-0.25, -0.2) is 0 Å². The second-order valence-corrected chi connectivity index (χ2v) is 3.44. The second-order valence-electron chi connectivity index (χ2n) is 3.44. The first-order chi connectivity index (χ1) is 5.22. The minimum atomic E-state index is -0.0136. The summed E-state index contributed by atoms with van der Waals surface area (Å²) in [5, 5.41) is 0. The van der Waals surface area contributed by atoms with Crippen LogP contribution in [-0.2, 0) is 9.53 Å². The van der Waals surface area contributed by atoms with Crippen LogP contribution in [0.3, 0.4) is 0 Å². The van der Waals surface area contributed by atoms with Crippen LogP contribution in [-0.4, -0.2) is 12.6 Å². The highest BCUT2D eigenvalue weighted by Gasteiger charge is 2.37. The van der Waals surface area contributed by atoms with Gasteiger partial charge in [-0.15, -0.1) is 0 Å². The average molecular weight is 156 g/mol. The van der Waals surface area contributed by atoms with Crippen LogP contribution >= 0.6 is 0 Å². The molecule has 0 radical (unpaired) electrons. The van der Waals surface area contributed by atoms with Gasteiger partial charge in [-0.1, -0.05) is 20.3 Å². The van der Waals surface area contributed by atoms with Crippen LogP contribution in [0.1, 0.15) is 39.5 Å². The fraction of sp³-hybridized carbons (Fsp3) is 0.889. The van der Waals surface area contributed by atoms with Crippen molar-refractivity contribution >= 4 is 5.97 Å². The van der Waals surface area contributed by atoms with E-state index in [0.29, 0.717) is 13.0 Å². The van der Waals surface area contributed by atoms with Crippen LogP contribution in [0, 0.1) is 5.41 Å². The molecule has 2 nitrogen and oxygen atoms in total. The summed E-state index contributed by atoms with van der Waals surface area (Å²) in [4.78, 5) is 10.9. The summed E-state index contributed by atoms with van der Waals surface area (Å²) in [6.45, 7) is 4.94. The van der Waals surface area contributed by atoms with Crippen molar-refractivity contribution in [2.24, 2.45) is 5.41 Å². The molecule has 1 rings (SSSR count). The van der Waals surface area contributed by atoms with Crippen LogP contribution in [0.15, 0.2) is 0 Å². The van der Waals surface area contributed by atoms with Crippen molar-refractivity contribution in [2.45, 2.75) is 39.5 Å². The Morgan fingerprint density at radius 2 is 2.27 bits per heavy atom. The molecule has 0 N–H and O–H groups in total. The molecule has 1 aliphatic heterocycles. The van der Waals surface area contributed by atoms with Gasteiger partial charge < -0.3 is 4.74 Å². The summed E-state index contributed by atoms with van der Waals surface area (Å²) < 4.78 is 4.97. The molecular weight excluding hydrogens is 140 g/mol. The van der Waals surface area contributed by atoms with Crippen molar-refractivity contribution < 1.29 is 9.53 Å². The molecule has 1 heterocycles. The third-order valence-electron chi connectivity index (χ3n) is 2.59. The highest BCUT2D eigenvalue weighted by Crippen LogP contribution is 2.37. The van der Waals surface area contributed by atoms with E-state index in [4.69, 9.17) is 4.74 Å². The highest BCUT2D eigenvalue weighted by molar-refractivity contribution is 5.72. The molecule has 0 spiro atoms. The molecule has 1 unspecified atom stereocenters. The molecule has 1 fully saturated rings.